The summed E-state index contributed by atoms with van der Waals surface area (Å²) in [5, 5.41) is 0. The predicted molar refractivity (Wildman–Crippen MR) is 55.1 cm³/mol. The Morgan fingerprint density at radius 1 is 1.14 bits per heavy atom. The van der Waals surface area contributed by atoms with Crippen molar-refractivity contribution >= 4 is 0 Å². The van der Waals surface area contributed by atoms with Crippen LogP contribution in [0.5, 0.6) is 0 Å². The van der Waals surface area contributed by atoms with Crippen molar-refractivity contribution in [1.29, 1.82) is 0 Å². The minimum Gasteiger partial charge on any atom is -0.550 e. The predicted octanol–water partition coefficient (Wildman–Crippen LogP) is 2.84. The fraction of sp³-hybridized carbons (Fsp3) is 0.818. The Morgan fingerprint density at radius 3 is 2.14 bits per heavy atom. The van der Waals surface area contributed by atoms with Gasteiger partial charge in [-0.05, 0) is 27.7 Å². The third kappa shape index (κ3) is 12.6. The minimum absolute atomic E-state index is 0. The van der Waals surface area contributed by atoms with E-state index in [1.807, 2.05) is 34.3 Å². The van der Waals surface area contributed by atoms with Gasteiger partial charge in [-0.3, -0.25) is 0 Å². The zero-order chi connectivity index (χ0) is 10.3. The average Bonchev–Trinajstić information content (AvgIpc) is 2.00. The molecule has 1 atom stereocenters. The van der Waals surface area contributed by atoms with Gasteiger partial charge in [-0.1, -0.05) is 0 Å². The van der Waals surface area contributed by atoms with E-state index in [0.29, 0.717) is 12.5 Å². The molecule has 0 saturated heterocycles. The van der Waals surface area contributed by atoms with Crippen LogP contribution < -0.4 is 0 Å². The van der Waals surface area contributed by atoms with Gasteiger partial charge >= 0.3 is 21.1 Å². The van der Waals surface area contributed by atoms with Crippen molar-refractivity contribution in [3.63, 3.8) is 0 Å². The van der Waals surface area contributed by atoms with Gasteiger partial charge in [0.2, 0.25) is 0 Å². The smallest absolute Gasteiger partial charge is 0.550 e. The summed E-state index contributed by atoms with van der Waals surface area (Å²) in [7, 11) is 0. The van der Waals surface area contributed by atoms with Gasteiger partial charge in [-0.25, -0.2) is 6.61 Å². The van der Waals surface area contributed by atoms with Crippen LogP contribution in [-0.2, 0) is 30.5 Å². The molecule has 0 heterocycles. The average molecular weight is 370 g/mol. The molecule has 3 heteroatoms. The quantitative estimate of drug-likeness (QED) is 0.642. The molecular weight excluding hydrogens is 348 g/mol. The molecule has 1 unspecified atom stereocenters. The number of ether oxygens (including phenoxy) is 2. The van der Waals surface area contributed by atoms with Crippen LogP contribution in [-0.4, -0.2) is 18.8 Å². The fourth-order valence-electron chi connectivity index (χ4n) is 0.781. The van der Waals surface area contributed by atoms with Crippen molar-refractivity contribution in [3.05, 3.63) is 13.5 Å². The summed E-state index contributed by atoms with van der Waals surface area (Å²) in [5.41, 5.74) is 0. The second-order valence-electron chi connectivity index (χ2n) is 3.84. The maximum Gasteiger partial charge on any atom is 2.00 e. The van der Waals surface area contributed by atoms with Crippen LogP contribution in [0.2, 0.25) is 0 Å². The van der Waals surface area contributed by atoms with E-state index in [-0.39, 0.29) is 33.3 Å². The summed E-state index contributed by atoms with van der Waals surface area (Å²) in [6, 6.07) is 0. The van der Waals surface area contributed by atoms with Gasteiger partial charge in [0.1, 0.15) is 0 Å². The zero-order valence-corrected chi connectivity index (χ0v) is 12.6. The molecule has 84 valence electrons. The van der Waals surface area contributed by atoms with Crippen molar-refractivity contribution < 1.29 is 30.5 Å². The van der Waals surface area contributed by atoms with Gasteiger partial charge in [-0.2, -0.15) is 12.3 Å². The second-order valence-corrected chi connectivity index (χ2v) is 3.84. The summed E-state index contributed by atoms with van der Waals surface area (Å²) in [5.74, 6) is 0.293. The molecule has 0 aliphatic heterocycles. The number of hydrogen-bond donors (Lipinski definition) is 0. The van der Waals surface area contributed by atoms with Crippen LogP contribution >= 0.6 is 0 Å². The molecule has 0 aliphatic carbocycles. The van der Waals surface area contributed by atoms with Crippen LogP contribution in [0.3, 0.4) is 0 Å². The zero-order valence-electron chi connectivity index (χ0n) is 9.66. The number of rotatable bonds is 7. The van der Waals surface area contributed by atoms with E-state index in [1.54, 1.807) is 0 Å². The largest absolute Gasteiger partial charge is 2.00 e. The molecule has 14 heavy (non-hydrogen) atoms. The SMILES string of the molecule is [CH2-]C(C[CH-]OC(C)C)COC(C)C.[W+2]. The molecule has 0 aromatic heterocycles. The fourth-order valence-corrected chi connectivity index (χ4v) is 0.781. The van der Waals surface area contributed by atoms with E-state index < -0.39 is 0 Å². The van der Waals surface area contributed by atoms with E-state index in [9.17, 15) is 0 Å². The molecule has 0 saturated carbocycles. The van der Waals surface area contributed by atoms with Crippen LogP contribution in [0, 0.1) is 19.4 Å². The van der Waals surface area contributed by atoms with E-state index in [1.165, 1.54) is 0 Å². The molecule has 0 spiro atoms. The summed E-state index contributed by atoms with van der Waals surface area (Å²) >= 11 is 0. The molecule has 0 N–H and O–H groups in total. The summed E-state index contributed by atoms with van der Waals surface area (Å²) in [4.78, 5) is 0. The Labute approximate surface area is 103 Å². The van der Waals surface area contributed by atoms with Crippen molar-refractivity contribution in [1.82, 2.24) is 0 Å². The second kappa shape index (κ2) is 10.1. The molecule has 0 radical (unpaired) electrons. The van der Waals surface area contributed by atoms with E-state index in [2.05, 4.69) is 6.92 Å². The van der Waals surface area contributed by atoms with Crippen LogP contribution in [0.4, 0.5) is 0 Å². The summed E-state index contributed by atoms with van der Waals surface area (Å²) in [6.45, 7) is 14.6. The molecule has 0 aliphatic rings. The Kier molecular flexibility index (Phi) is 12.3. The van der Waals surface area contributed by atoms with Gasteiger partial charge in [0.15, 0.2) is 0 Å². The van der Waals surface area contributed by atoms with Crippen LogP contribution in [0.25, 0.3) is 0 Å². The third-order valence-electron chi connectivity index (χ3n) is 1.46. The normalized spacial score (nSPS) is 13.1. The van der Waals surface area contributed by atoms with Gasteiger partial charge in [0.05, 0.1) is 6.10 Å². The first kappa shape index (κ1) is 17.0. The van der Waals surface area contributed by atoms with E-state index in [4.69, 9.17) is 9.47 Å². The van der Waals surface area contributed by atoms with Gasteiger partial charge in [0, 0.05) is 12.7 Å². The van der Waals surface area contributed by atoms with E-state index in [0.717, 1.165) is 6.42 Å². The topological polar surface area (TPSA) is 18.5 Å². The first-order valence-corrected chi connectivity index (χ1v) is 4.94. The van der Waals surface area contributed by atoms with Crippen molar-refractivity contribution in [2.24, 2.45) is 5.92 Å². The molecule has 2 nitrogen and oxygen atoms in total. The van der Waals surface area contributed by atoms with E-state index >= 15 is 0 Å². The van der Waals surface area contributed by atoms with Crippen LogP contribution in [0.1, 0.15) is 34.1 Å². The molecule has 0 amide bonds. The Balaban J connectivity index is 0. The van der Waals surface area contributed by atoms with Crippen molar-refractivity contribution in [2.75, 3.05) is 6.61 Å². The third-order valence-corrected chi connectivity index (χ3v) is 1.46. The molecule has 0 rings (SSSR count). The minimum atomic E-state index is 0. The summed E-state index contributed by atoms with van der Waals surface area (Å²) < 4.78 is 10.7. The van der Waals surface area contributed by atoms with Crippen molar-refractivity contribution in [3.8, 4) is 0 Å². The molecular formula is C11H22O2W. The maximum absolute atomic E-state index is 5.42. The Bertz CT molecular complexity index is 116. The first-order valence-electron chi connectivity index (χ1n) is 4.94. The standard InChI is InChI=1S/C11H22O2.W/c1-9(2)12-7-6-11(5)8-13-10(3)4;/h7,9-11H,5-6,8H2,1-4H3;/q-2;+2. The number of hydrogen-bond acceptors (Lipinski definition) is 2. The monoisotopic (exact) mass is 370 g/mol. The van der Waals surface area contributed by atoms with Gasteiger partial charge < -0.3 is 16.4 Å². The van der Waals surface area contributed by atoms with Gasteiger partial charge in [-0.15, -0.1) is 0 Å². The summed E-state index contributed by atoms with van der Waals surface area (Å²) in [6.07, 6.45) is 1.40. The molecule has 0 bridgehead atoms. The Hall–Kier alpha value is 0.608. The molecule has 0 aromatic carbocycles. The molecule has 0 aromatic rings. The van der Waals surface area contributed by atoms with Gasteiger partial charge in [0.25, 0.3) is 0 Å². The van der Waals surface area contributed by atoms with Crippen LogP contribution in [0.15, 0.2) is 0 Å². The Morgan fingerprint density at radius 2 is 1.71 bits per heavy atom. The maximum atomic E-state index is 5.42. The molecule has 0 fully saturated rings. The van der Waals surface area contributed by atoms with Crippen molar-refractivity contribution in [2.45, 2.75) is 46.3 Å². The first-order chi connectivity index (χ1) is 6.02.